The molecule has 8 nitrogen and oxygen atoms in total. The topological polar surface area (TPSA) is 114 Å². The zero-order chi connectivity index (χ0) is 17.1. The first-order chi connectivity index (χ1) is 10.2. The fourth-order valence-electron chi connectivity index (χ4n) is 2.07. The first-order valence-corrected chi connectivity index (χ1v) is 6.45. The second-order valence-electron chi connectivity index (χ2n) is 5.21. The van der Waals surface area contributed by atoms with E-state index in [0.29, 0.717) is 5.75 Å². The Morgan fingerprint density at radius 1 is 1.23 bits per heavy atom. The minimum Gasteiger partial charge on any atom is -0.493 e. The lowest BCUT2D eigenvalue weighted by Gasteiger charge is -2.29. The molecule has 0 heterocycles. The maximum Gasteiger partial charge on any atom is 0.313 e. The molecule has 0 aliphatic heterocycles. The van der Waals surface area contributed by atoms with Crippen LogP contribution in [0.1, 0.15) is 25.5 Å². The van der Waals surface area contributed by atoms with Gasteiger partial charge in [0.2, 0.25) is 0 Å². The summed E-state index contributed by atoms with van der Waals surface area (Å²) >= 11 is 0. The number of nitrogens with two attached hydrogens (primary N) is 1. The smallest absolute Gasteiger partial charge is 0.313 e. The molecule has 0 radical (unpaired) electrons. The highest BCUT2D eigenvalue weighted by molar-refractivity contribution is 5.77. The number of methoxy groups -OCH3 is 3. The van der Waals surface area contributed by atoms with Crippen molar-refractivity contribution in [3.63, 3.8) is 0 Å². The number of carbonyl (C=O) groups excluding carboxylic acids is 1. The molecule has 0 aromatic heterocycles. The van der Waals surface area contributed by atoms with Crippen LogP contribution in [0.2, 0.25) is 0 Å². The number of nitro groups is 1. The van der Waals surface area contributed by atoms with Crippen molar-refractivity contribution in [3.8, 4) is 11.5 Å². The normalized spacial score (nSPS) is 12.5. The Hall–Kier alpha value is -2.35. The van der Waals surface area contributed by atoms with E-state index in [1.54, 1.807) is 13.8 Å². The van der Waals surface area contributed by atoms with E-state index in [2.05, 4.69) is 0 Å². The van der Waals surface area contributed by atoms with Crippen LogP contribution in [0.3, 0.4) is 0 Å². The van der Waals surface area contributed by atoms with Crippen LogP contribution in [-0.4, -0.2) is 32.2 Å². The quantitative estimate of drug-likeness (QED) is 0.484. The predicted octanol–water partition coefficient (Wildman–Crippen LogP) is 1.81. The third-order valence-electron chi connectivity index (χ3n) is 3.55. The summed E-state index contributed by atoms with van der Waals surface area (Å²) < 4.78 is 14.9. The molecule has 1 rings (SSSR count). The Morgan fingerprint density at radius 3 is 2.14 bits per heavy atom. The zero-order valence-corrected chi connectivity index (χ0v) is 13.2. The summed E-state index contributed by atoms with van der Waals surface area (Å²) in [6.07, 6.45) is 0. The minimum absolute atomic E-state index is 0.165. The first kappa shape index (κ1) is 17.7. The molecule has 1 aromatic carbocycles. The SMILES string of the molecule is COC(=O)C(C)(C)[C@H](N)c1cc(OC)c(OC)cc1[N+](=O)[O-]. The van der Waals surface area contributed by atoms with Gasteiger partial charge in [0.15, 0.2) is 11.5 Å². The van der Waals surface area contributed by atoms with E-state index < -0.39 is 22.3 Å². The van der Waals surface area contributed by atoms with Crippen LogP contribution in [0.25, 0.3) is 0 Å². The van der Waals surface area contributed by atoms with Crippen LogP contribution in [0.5, 0.6) is 11.5 Å². The van der Waals surface area contributed by atoms with E-state index >= 15 is 0 Å². The number of hydrogen-bond acceptors (Lipinski definition) is 7. The number of benzene rings is 1. The Kier molecular flexibility index (Phi) is 5.32. The molecule has 122 valence electrons. The molecule has 22 heavy (non-hydrogen) atoms. The minimum atomic E-state index is -1.15. The first-order valence-electron chi connectivity index (χ1n) is 6.45. The molecule has 8 heteroatoms. The van der Waals surface area contributed by atoms with E-state index in [1.165, 1.54) is 33.5 Å². The predicted molar refractivity (Wildman–Crippen MR) is 78.9 cm³/mol. The molecule has 2 N–H and O–H groups in total. The number of nitrogens with zero attached hydrogens (tertiary/aromatic N) is 1. The maximum absolute atomic E-state index is 11.9. The molecule has 0 spiro atoms. The molecule has 0 unspecified atom stereocenters. The van der Waals surface area contributed by atoms with Crippen LogP contribution in [0.4, 0.5) is 5.69 Å². The maximum atomic E-state index is 11.9. The Morgan fingerprint density at radius 2 is 1.73 bits per heavy atom. The van der Waals surface area contributed by atoms with Crippen LogP contribution in [0, 0.1) is 15.5 Å². The third-order valence-corrected chi connectivity index (χ3v) is 3.55. The molecule has 0 saturated carbocycles. The molecule has 0 saturated heterocycles. The molecular weight excluding hydrogens is 292 g/mol. The number of nitro benzene ring substituents is 1. The molecule has 1 atom stereocenters. The van der Waals surface area contributed by atoms with E-state index in [9.17, 15) is 14.9 Å². The lowest BCUT2D eigenvalue weighted by Crippen LogP contribution is -2.37. The van der Waals surface area contributed by atoms with Gasteiger partial charge in [0.05, 0.1) is 49.3 Å². The molecule has 0 bridgehead atoms. The third kappa shape index (κ3) is 3.11. The van der Waals surface area contributed by atoms with Gasteiger partial charge in [-0.3, -0.25) is 14.9 Å². The van der Waals surface area contributed by atoms with Crippen molar-refractivity contribution in [1.82, 2.24) is 0 Å². The molecule has 0 amide bonds. The lowest BCUT2D eigenvalue weighted by molar-refractivity contribution is -0.385. The van der Waals surface area contributed by atoms with Crippen molar-refractivity contribution in [2.24, 2.45) is 11.1 Å². The van der Waals surface area contributed by atoms with Crippen molar-refractivity contribution in [3.05, 3.63) is 27.8 Å². The molecule has 0 fully saturated rings. The van der Waals surface area contributed by atoms with Gasteiger partial charge in [0, 0.05) is 0 Å². The second kappa shape index (κ2) is 6.61. The largest absolute Gasteiger partial charge is 0.493 e. The number of carbonyl (C=O) groups is 1. The van der Waals surface area contributed by atoms with Gasteiger partial charge in [-0.25, -0.2) is 0 Å². The standard InChI is InChI=1S/C14H20N2O6/c1-14(2,13(17)22-5)12(15)8-6-10(20-3)11(21-4)7-9(8)16(18)19/h6-7,12H,15H2,1-5H3/t12-/m1/s1. The van der Waals surface area contributed by atoms with Crippen molar-refractivity contribution < 1.29 is 23.9 Å². The lowest BCUT2D eigenvalue weighted by atomic mass is 9.80. The van der Waals surface area contributed by atoms with Crippen molar-refractivity contribution in [2.45, 2.75) is 19.9 Å². The number of ether oxygens (including phenoxy) is 3. The van der Waals surface area contributed by atoms with Crippen molar-refractivity contribution >= 4 is 11.7 Å². The fourth-order valence-corrected chi connectivity index (χ4v) is 2.07. The number of esters is 1. The summed E-state index contributed by atoms with van der Waals surface area (Å²) in [6, 6.07) is 1.67. The van der Waals surface area contributed by atoms with E-state index in [0.717, 1.165) is 0 Å². The van der Waals surface area contributed by atoms with Gasteiger partial charge >= 0.3 is 5.97 Å². The van der Waals surface area contributed by atoms with Gasteiger partial charge in [-0.05, 0) is 19.9 Å². The van der Waals surface area contributed by atoms with Crippen molar-refractivity contribution in [2.75, 3.05) is 21.3 Å². The van der Waals surface area contributed by atoms with Crippen LogP contribution in [-0.2, 0) is 9.53 Å². The highest BCUT2D eigenvalue weighted by Gasteiger charge is 2.40. The summed E-state index contributed by atoms with van der Waals surface area (Å²) in [4.78, 5) is 22.6. The molecule has 0 aliphatic carbocycles. The molecule has 0 aliphatic rings. The second-order valence-corrected chi connectivity index (χ2v) is 5.21. The van der Waals surface area contributed by atoms with Gasteiger partial charge in [0.25, 0.3) is 5.69 Å². The Labute approximate surface area is 128 Å². The summed E-state index contributed by atoms with van der Waals surface area (Å²) in [5, 5.41) is 11.3. The van der Waals surface area contributed by atoms with Gasteiger partial charge < -0.3 is 19.9 Å². The molecular formula is C14H20N2O6. The number of rotatable bonds is 6. The van der Waals surface area contributed by atoms with Crippen LogP contribution >= 0.6 is 0 Å². The van der Waals surface area contributed by atoms with Crippen molar-refractivity contribution in [1.29, 1.82) is 0 Å². The number of hydrogen-bond donors (Lipinski definition) is 1. The fraction of sp³-hybridized carbons (Fsp3) is 0.500. The Balaban J connectivity index is 3.50. The average Bonchev–Trinajstić information content (AvgIpc) is 2.51. The van der Waals surface area contributed by atoms with Gasteiger partial charge in [-0.15, -0.1) is 0 Å². The summed E-state index contributed by atoms with van der Waals surface area (Å²) in [5.74, 6) is -0.0654. The van der Waals surface area contributed by atoms with E-state index in [-0.39, 0.29) is 17.0 Å². The summed E-state index contributed by atoms with van der Waals surface area (Å²) in [6.45, 7) is 3.12. The zero-order valence-electron chi connectivity index (χ0n) is 13.2. The highest BCUT2D eigenvalue weighted by Crippen LogP contribution is 2.42. The van der Waals surface area contributed by atoms with Gasteiger partial charge in [0.1, 0.15) is 0 Å². The molecule has 1 aromatic rings. The van der Waals surface area contributed by atoms with Crippen LogP contribution < -0.4 is 15.2 Å². The summed E-state index contributed by atoms with van der Waals surface area (Å²) in [5.41, 5.74) is 4.86. The monoisotopic (exact) mass is 312 g/mol. The Bertz CT molecular complexity index is 585. The average molecular weight is 312 g/mol. The van der Waals surface area contributed by atoms with Crippen LogP contribution in [0.15, 0.2) is 12.1 Å². The van der Waals surface area contributed by atoms with E-state index in [4.69, 9.17) is 19.9 Å². The highest BCUT2D eigenvalue weighted by atomic mass is 16.6. The van der Waals surface area contributed by atoms with E-state index in [1.807, 2.05) is 0 Å². The summed E-state index contributed by atoms with van der Waals surface area (Å²) in [7, 11) is 4.02. The van der Waals surface area contributed by atoms with Gasteiger partial charge in [-0.2, -0.15) is 0 Å². The van der Waals surface area contributed by atoms with Gasteiger partial charge in [-0.1, -0.05) is 0 Å².